The molecule has 0 aliphatic heterocycles. The van der Waals surface area contributed by atoms with E-state index >= 15 is 0 Å². The van der Waals surface area contributed by atoms with Crippen LogP contribution in [0, 0.1) is 11.6 Å². The molecular formula is C10H7ClF2N2O. The van der Waals surface area contributed by atoms with E-state index in [1.165, 1.54) is 6.07 Å². The van der Waals surface area contributed by atoms with Crippen LogP contribution in [0.3, 0.4) is 0 Å². The molecule has 1 atom stereocenters. The van der Waals surface area contributed by atoms with Crippen molar-refractivity contribution in [3.05, 3.63) is 35.7 Å². The van der Waals surface area contributed by atoms with Gasteiger partial charge in [0.25, 0.3) is 5.89 Å². The van der Waals surface area contributed by atoms with Crippen molar-refractivity contribution in [2.24, 2.45) is 0 Å². The molecule has 2 aromatic rings. The number of alkyl halides is 1. The van der Waals surface area contributed by atoms with Crippen LogP contribution in [-0.2, 0) is 0 Å². The summed E-state index contributed by atoms with van der Waals surface area (Å²) in [5, 5.41) is 6.83. The van der Waals surface area contributed by atoms with Gasteiger partial charge in [0.15, 0.2) is 0 Å². The molecule has 0 radical (unpaired) electrons. The highest BCUT2D eigenvalue weighted by atomic mass is 35.5. The van der Waals surface area contributed by atoms with Crippen LogP contribution < -0.4 is 0 Å². The van der Waals surface area contributed by atoms with E-state index in [0.717, 1.165) is 12.1 Å². The van der Waals surface area contributed by atoms with E-state index in [-0.39, 0.29) is 17.3 Å². The zero-order valence-corrected chi connectivity index (χ0v) is 9.00. The minimum absolute atomic E-state index is 0.0139. The monoisotopic (exact) mass is 244 g/mol. The predicted molar refractivity (Wildman–Crippen MR) is 53.9 cm³/mol. The van der Waals surface area contributed by atoms with Crippen molar-refractivity contribution in [1.82, 2.24) is 10.2 Å². The molecule has 0 bridgehead atoms. The maximum atomic E-state index is 13.3. The molecule has 0 N–H and O–H groups in total. The number of halogens is 3. The van der Waals surface area contributed by atoms with Gasteiger partial charge in [-0.3, -0.25) is 0 Å². The third kappa shape index (κ3) is 2.04. The normalized spacial score (nSPS) is 12.8. The van der Waals surface area contributed by atoms with Gasteiger partial charge in [0.1, 0.15) is 17.0 Å². The van der Waals surface area contributed by atoms with Crippen LogP contribution >= 0.6 is 11.6 Å². The Morgan fingerprint density at radius 3 is 2.62 bits per heavy atom. The molecule has 0 saturated heterocycles. The molecule has 0 aliphatic carbocycles. The van der Waals surface area contributed by atoms with E-state index in [1.54, 1.807) is 6.92 Å². The van der Waals surface area contributed by atoms with Crippen molar-refractivity contribution in [3.8, 4) is 11.5 Å². The third-order valence-corrected chi connectivity index (χ3v) is 2.13. The molecule has 2 rings (SSSR count). The van der Waals surface area contributed by atoms with E-state index in [2.05, 4.69) is 10.2 Å². The second-order valence-corrected chi connectivity index (χ2v) is 3.84. The van der Waals surface area contributed by atoms with Gasteiger partial charge in [-0.1, -0.05) is 0 Å². The van der Waals surface area contributed by atoms with E-state index in [1.807, 2.05) is 0 Å². The van der Waals surface area contributed by atoms with E-state index < -0.39 is 17.0 Å². The van der Waals surface area contributed by atoms with E-state index in [0.29, 0.717) is 0 Å². The summed E-state index contributed by atoms with van der Waals surface area (Å²) in [5.74, 6) is -1.23. The average Bonchev–Trinajstić information content (AvgIpc) is 2.66. The number of nitrogens with zero attached hydrogens (tertiary/aromatic N) is 2. The Kier molecular flexibility index (Phi) is 2.87. The van der Waals surface area contributed by atoms with Crippen LogP contribution in [0.1, 0.15) is 18.2 Å². The number of aromatic nitrogens is 2. The molecule has 16 heavy (non-hydrogen) atoms. The number of benzene rings is 1. The Morgan fingerprint density at radius 1 is 1.31 bits per heavy atom. The average molecular weight is 245 g/mol. The van der Waals surface area contributed by atoms with Crippen LogP contribution in [0.25, 0.3) is 11.5 Å². The fraction of sp³-hybridized carbons (Fsp3) is 0.200. The summed E-state index contributed by atoms with van der Waals surface area (Å²) in [5.41, 5.74) is 0.0532. The van der Waals surface area contributed by atoms with Crippen molar-refractivity contribution in [3.63, 3.8) is 0 Å². The zero-order chi connectivity index (χ0) is 11.7. The second-order valence-electron chi connectivity index (χ2n) is 3.19. The smallest absolute Gasteiger partial charge is 0.250 e. The van der Waals surface area contributed by atoms with E-state index in [4.69, 9.17) is 16.0 Å². The first-order chi connectivity index (χ1) is 7.58. The van der Waals surface area contributed by atoms with Gasteiger partial charge < -0.3 is 4.42 Å². The Hall–Kier alpha value is -1.49. The van der Waals surface area contributed by atoms with Crippen molar-refractivity contribution in [2.75, 3.05) is 0 Å². The topological polar surface area (TPSA) is 38.9 Å². The molecule has 3 nitrogen and oxygen atoms in total. The predicted octanol–water partition coefficient (Wildman–Crippen LogP) is 3.31. The van der Waals surface area contributed by atoms with Crippen molar-refractivity contribution in [1.29, 1.82) is 0 Å². The number of rotatable bonds is 2. The van der Waals surface area contributed by atoms with Gasteiger partial charge in [-0.2, -0.15) is 0 Å². The first kappa shape index (κ1) is 11.0. The Morgan fingerprint density at radius 2 is 2.06 bits per heavy atom. The minimum Gasteiger partial charge on any atom is -0.419 e. The molecule has 0 fully saturated rings. The lowest BCUT2D eigenvalue weighted by molar-refractivity contribution is 0.501. The molecule has 1 aromatic carbocycles. The van der Waals surface area contributed by atoms with Crippen LogP contribution in [0.4, 0.5) is 8.78 Å². The largest absolute Gasteiger partial charge is 0.419 e. The highest BCUT2D eigenvalue weighted by Crippen LogP contribution is 2.25. The van der Waals surface area contributed by atoms with Crippen molar-refractivity contribution in [2.45, 2.75) is 12.3 Å². The van der Waals surface area contributed by atoms with Crippen LogP contribution in [-0.4, -0.2) is 10.2 Å². The van der Waals surface area contributed by atoms with Crippen LogP contribution in [0.5, 0.6) is 0 Å². The van der Waals surface area contributed by atoms with Gasteiger partial charge >= 0.3 is 0 Å². The highest BCUT2D eigenvalue weighted by molar-refractivity contribution is 6.20. The quantitative estimate of drug-likeness (QED) is 0.761. The summed E-state index contributed by atoms with van der Waals surface area (Å²) in [4.78, 5) is 0. The van der Waals surface area contributed by atoms with Crippen molar-refractivity contribution >= 4 is 11.6 Å². The second kappa shape index (κ2) is 4.17. The molecule has 0 saturated carbocycles. The van der Waals surface area contributed by atoms with Gasteiger partial charge in [-0.25, -0.2) is 8.78 Å². The molecule has 0 amide bonds. The maximum absolute atomic E-state index is 13.3. The van der Waals surface area contributed by atoms with E-state index in [9.17, 15) is 8.78 Å². The molecule has 1 unspecified atom stereocenters. The van der Waals surface area contributed by atoms with Gasteiger partial charge in [-0.05, 0) is 19.1 Å². The Labute approximate surface area is 95.1 Å². The molecule has 1 heterocycles. The lowest BCUT2D eigenvalue weighted by Crippen LogP contribution is -1.86. The van der Waals surface area contributed by atoms with Gasteiger partial charge in [0.2, 0.25) is 5.89 Å². The van der Waals surface area contributed by atoms with Crippen LogP contribution in [0.15, 0.2) is 22.6 Å². The molecule has 0 spiro atoms. The summed E-state index contributed by atoms with van der Waals surface area (Å²) < 4.78 is 31.1. The highest BCUT2D eigenvalue weighted by Gasteiger charge is 2.15. The zero-order valence-electron chi connectivity index (χ0n) is 8.25. The lowest BCUT2D eigenvalue weighted by atomic mass is 10.2. The first-order valence-electron chi connectivity index (χ1n) is 4.51. The summed E-state index contributed by atoms with van der Waals surface area (Å²) in [6.45, 7) is 1.65. The lowest BCUT2D eigenvalue weighted by Gasteiger charge is -1.97. The summed E-state index contributed by atoms with van der Waals surface area (Å²) in [7, 11) is 0. The first-order valence-corrected chi connectivity index (χ1v) is 4.94. The minimum atomic E-state index is -0.752. The van der Waals surface area contributed by atoms with Gasteiger partial charge in [-0.15, -0.1) is 21.8 Å². The molecule has 6 heteroatoms. The maximum Gasteiger partial charge on any atom is 0.250 e. The van der Waals surface area contributed by atoms with Gasteiger partial charge in [0.05, 0.1) is 5.56 Å². The third-order valence-electron chi connectivity index (χ3n) is 1.94. The summed E-state index contributed by atoms with van der Waals surface area (Å²) in [6.07, 6.45) is 0. The van der Waals surface area contributed by atoms with Gasteiger partial charge in [0, 0.05) is 6.07 Å². The SMILES string of the molecule is CC(Cl)c1nnc(-c2ccc(F)cc2F)o1. The number of hydrogen-bond acceptors (Lipinski definition) is 3. The number of hydrogen-bond donors (Lipinski definition) is 0. The molecular weight excluding hydrogens is 238 g/mol. The fourth-order valence-electron chi connectivity index (χ4n) is 1.17. The van der Waals surface area contributed by atoms with Crippen LogP contribution in [0.2, 0.25) is 0 Å². The molecule has 84 valence electrons. The summed E-state index contributed by atoms with van der Waals surface area (Å²) in [6, 6.07) is 3.11. The Balaban J connectivity index is 2.42. The summed E-state index contributed by atoms with van der Waals surface area (Å²) >= 11 is 5.72. The Bertz CT molecular complexity index is 513. The molecule has 1 aromatic heterocycles. The standard InChI is InChI=1S/C10H7ClF2N2O/c1-5(11)9-14-15-10(16-9)7-3-2-6(12)4-8(7)13/h2-5H,1H3. The van der Waals surface area contributed by atoms with Crippen molar-refractivity contribution < 1.29 is 13.2 Å². The fourth-order valence-corrected chi connectivity index (χ4v) is 1.26. The molecule has 0 aliphatic rings.